The topological polar surface area (TPSA) is 41.7 Å². The van der Waals surface area contributed by atoms with E-state index in [1.807, 2.05) is 0 Å². The number of allylic oxidation sites excluding steroid dienone is 1. The number of carbonyl (C=O) groups is 1. The number of halogens is 1. The van der Waals surface area contributed by atoms with Gasteiger partial charge in [0.25, 0.3) is 0 Å². The first-order valence-corrected chi connectivity index (χ1v) is 6.74. The minimum atomic E-state index is -0.313. The lowest BCUT2D eigenvalue weighted by molar-refractivity contribution is -0.114. The summed E-state index contributed by atoms with van der Waals surface area (Å²) in [5, 5.41) is 9.93. The summed E-state index contributed by atoms with van der Waals surface area (Å²) in [5.74, 6) is -0.697. The second-order valence-corrected chi connectivity index (χ2v) is 4.78. The Morgan fingerprint density at radius 2 is 1.95 bits per heavy atom. The third kappa shape index (κ3) is 4.29. The van der Waals surface area contributed by atoms with E-state index in [0.29, 0.717) is 17.7 Å². The summed E-state index contributed by atoms with van der Waals surface area (Å²) in [6.07, 6.45) is 1.86. The van der Waals surface area contributed by atoms with Gasteiger partial charge in [-0.15, -0.1) is 0 Å². The van der Waals surface area contributed by atoms with Crippen LogP contribution in [0.4, 0.5) is 10.1 Å². The van der Waals surface area contributed by atoms with Crippen molar-refractivity contribution in [1.82, 2.24) is 0 Å². The summed E-state index contributed by atoms with van der Waals surface area (Å²) >= 11 is 0. The van der Waals surface area contributed by atoms with Crippen LogP contribution < -0.4 is 0 Å². The summed E-state index contributed by atoms with van der Waals surface area (Å²) in [4.78, 5) is 15.1. The van der Waals surface area contributed by atoms with E-state index in [4.69, 9.17) is 6.57 Å². The fourth-order valence-corrected chi connectivity index (χ4v) is 1.96. The van der Waals surface area contributed by atoms with Gasteiger partial charge in [0, 0.05) is 18.1 Å². The van der Waals surface area contributed by atoms with Crippen molar-refractivity contribution in [1.29, 1.82) is 0 Å². The average molecular weight is 295 g/mol. The van der Waals surface area contributed by atoms with Gasteiger partial charge < -0.3 is 5.11 Å². The van der Waals surface area contributed by atoms with Crippen molar-refractivity contribution >= 4 is 17.2 Å². The summed E-state index contributed by atoms with van der Waals surface area (Å²) in [6.45, 7) is 6.93. The molecule has 2 rings (SSSR count). The highest BCUT2D eigenvalue weighted by molar-refractivity contribution is 5.95. The molecule has 0 unspecified atom stereocenters. The van der Waals surface area contributed by atoms with Crippen molar-refractivity contribution in [2.24, 2.45) is 0 Å². The number of ketones is 1. The van der Waals surface area contributed by atoms with Crippen molar-refractivity contribution in [2.45, 2.75) is 12.8 Å². The molecule has 2 aromatic rings. The number of nitrogens with zero attached hydrogens (tertiary/aromatic N) is 1. The largest absolute Gasteiger partial charge is 0.507 e. The van der Waals surface area contributed by atoms with Gasteiger partial charge in [0.15, 0.2) is 11.5 Å². The van der Waals surface area contributed by atoms with Gasteiger partial charge in [0.05, 0.1) is 6.57 Å². The van der Waals surface area contributed by atoms with Crippen molar-refractivity contribution in [3.05, 3.63) is 83.0 Å². The van der Waals surface area contributed by atoms with Crippen LogP contribution >= 0.6 is 0 Å². The van der Waals surface area contributed by atoms with Crippen LogP contribution in [0.5, 0.6) is 0 Å². The molecular formula is C18H14FNO2. The Morgan fingerprint density at radius 1 is 1.23 bits per heavy atom. The summed E-state index contributed by atoms with van der Waals surface area (Å²) in [7, 11) is 0. The molecular weight excluding hydrogens is 281 g/mol. The van der Waals surface area contributed by atoms with Crippen LogP contribution in [0.15, 0.2) is 54.6 Å². The Morgan fingerprint density at radius 3 is 2.64 bits per heavy atom. The Bertz CT molecular complexity index is 742. The molecule has 22 heavy (non-hydrogen) atoms. The fraction of sp³-hybridized carbons (Fsp3) is 0.111. The molecule has 0 amide bonds. The van der Waals surface area contributed by atoms with Crippen molar-refractivity contribution in [3.8, 4) is 0 Å². The van der Waals surface area contributed by atoms with E-state index in [1.165, 1.54) is 18.2 Å². The number of carbonyl (C=O) groups excluding carboxylic acids is 1. The highest BCUT2D eigenvalue weighted by atomic mass is 19.1. The minimum Gasteiger partial charge on any atom is -0.507 e. The third-order valence-electron chi connectivity index (χ3n) is 3.14. The number of aryl methyl sites for hydroxylation is 1. The first kappa shape index (κ1) is 15.5. The van der Waals surface area contributed by atoms with Gasteiger partial charge in [-0.2, -0.15) is 0 Å². The maximum absolute atomic E-state index is 12.8. The van der Waals surface area contributed by atoms with Crippen molar-refractivity contribution < 1.29 is 14.3 Å². The van der Waals surface area contributed by atoms with E-state index in [0.717, 1.165) is 11.6 Å². The van der Waals surface area contributed by atoms with Gasteiger partial charge in [0.1, 0.15) is 11.6 Å². The minimum absolute atomic E-state index is 0.158. The number of rotatable bonds is 5. The zero-order valence-corrected chi connectivity index (χ0v) is 11.8. The standard InChI is InChI=1S/C18H14FNO2/c1-20-16-4-2-3-14(11-16)18(22)12-17(21)10-7-13-5-8-15(19)9-6-13/h2-6,8-9,11-12,22H,7,10H2. The summed E-state index contributed by atoms with van der Waals surface area (Å²) in [6, 6.07) is 12.4. The van der Waals surface area contributed by atoms with Crippen molar-refractivity contribution in [3.63, 3.8) is 0 Å². The van der Waals surface area contributed by atoms with Gasteiger partial charge in [-0.25, -0.2) is 9.24 Å². The molecule has 1 N–H and O–H groups in total. The molecule has 0 heterocycles. The maximum Gasteiger partial charge on any atom is 0.187 e. The lowest BCUT2D eigenvalue weighted by Crippen LogP contribution is -1.98. The van der Waals surface area contributed by atoms with Gasteiger partial charge in [-0.1, -0.05) is 30.3 Å². The van der Waals surface area contributed by atoms with Crippen LogP contribution in [0.25, 0.3) is 10.6 Å². The highest BCUT2D eigenvalue weighted by Gasteiger charge is 2.05. The molecule has 3 nitrogen and oxygen atoms in total. The first-order chi connectivity index (χ1) is 10.6. The molecule has 0 spiro atoms. The lowest BCUT2D eigenvalue weighted by atomic mass is 10.1. The van der Waals surface area contributed by atoms with E-state index in [1.54, 1.807) is 30.3 Å². The van der Waals surface area contributed by atoms with E-state index < -0.39 is 0 Å². The molecule has 0 saturated carbocycles. The molecule has 0 aliphatic rings. The second kappa shape index (κ2) is 7.19. The lowest BCUT2D eigenvalue weighted by Gasteiger charge is -2.02. The fourth-order valence-electron chi connectivity index (χ4n) is 1.96. The Balaban J connectivity index is 2.00. The monoisotopic (exact) mass is 295 g/mol. The van der Waals surface area contributed by atoms with E-state index in [2.05, 4.69) is 4.85 Å². The normalized spacial score (nSPS) is 11.0. The zero-order chi connectivity index (χ0) is 15.9. The average Bonchev–Trinajstić information content (AvgIpc) is 2.54. The summed E-state index contributed by atoms with van der Waals surface area (Å²) < 4.78 is 12.8. The number of aliphatic hydroxyl groups excluding tert-OH is 1. The molecule has 0 aliphatic carbocycles. The van der Waals surface area contributed by atoms with Crippen LogP contribution in [-0.4, -0.2) is 10.9 Å². The Labute approximate surface area is 128 Å². The first-order valence-electron chi connectivity index (χ1n) is 6.74. The predicted octanol–water partition coefficient (Wildman–Crippen LogP) is 4.48. The quantitative estimate of drug-likeness (QED) is 0.502. The highest BCUT2D eigenvalue weighted by Crippen LogP contribution is 2.19. The number of hydrogen-bond donors (Lipinski definition) is 1. The molecule has 0 bridgehead atoms. The Hall–Kier alpha value is -2.93. The van der Waals surface area contributed by atoms with Crippen LogP contribution in [0.3, 0.4) is 0 Å². The second-order valence-electron chi connectivity index (χ2n) is 4.78. The van der Waals surface area contributed by atoms with Crippen LogP contribution in [-0.2, 0) is 11.2 Å². The van der Waals surface area contributed by atoms with Gasteiger partial charge >= 0.3 is 0 Å². The third-order valence-corrected chi connectivity index (χ3v) is 3.14. The number of hydrogen-bond acceptors (Lipinski definition) is 2. The molecule has 0 saturated heterocycles. The smallest absolute Gasteiger partial charge is 0.187 e. The molecule has 4 heteroatoms. The molecule has 0 radical (unpaired) electrons. The maximum atomic E-state index is 12.8. The predicted molar refractivity (Wildman–Crippen MR) is 83.0 cm³/mol. The number of aliphatic hydroxyl groups is 1. The van der Waals surface area contributed by atoms with Gasteiger partial charge in [-0.3, -0.25) is 4.79 Å². The SMILES string of the molecule is [C-]#[N+]c1cccc(C(O)=CC(=O)CCc2ccc(F)cc2)c1. The number of benzene rings is 2. The van der Waals surface area contributed by atoms with Gasteiger partial charge in [-0.05, 0) is 30.2 Å². The van der Waals surface area contributed by atoms with Crippen LogP contribution in [0, 0.1) is 12.4 Å². The molecule has 0 fully saturated rings. The molecule has 110 valence electrons. The van der Waals surface area contributed by atoms with Gasteiger partial charge in [0.2, 0.25) is 0 Å². The van der Waals surface area contributed by atoms with Crippen molar-refractivity contribution in [2.75, 3.05) is 0 Å². The van der Waals surface area contributed by atoms with E-state index in [9.17, 15) is 14.3 Å². The van der Waals surface area contributed by atoms with E-state index in [-0.39, 0.29) is 23.8 Å². The molecule has 0 aromatic heterocycles. The molecule has 0 aliphatic heterocycles. The molecule has 0 atom stereocenters. The van der Waals surface area contributed by atoms with E-state index >= 15 is 0 Å². The summed E-state index contributed by atoms with van der Waals surface area (Å²) in [5.41, 5.74) is 1.69. The van der Waals surface area contributed by atoms with Crippen LogP contribution in [0.1, 0.15) is 17.5 Å². The zero-order valence-electron chi connectivity index (χ0n) is 11.8. The van der Waals surface area contributed by atoms with Crippen LogP contribution in [0.2, 0.25) is 0 Å². The molecule has 2 aromatic carbocycles. The Kier molecular flexibility index (Phi) is 5.05.